The summed E-state index contributed by atoms with van der Waals surface area (Å²) in [6.07, 6.45) is 2.16. The number of carbonyl (C=O) groups is 2. The van der Waals surface area contributed by atoms with Crippen LogP contribution in [0.1, 0.15) is 40.7 Å². The topological polar surface area (TPSA) is 46.6 Å². The number of halogens is 2. The molecule has 2 fully saturated rings. The van der Waals surface area contributed by atoms with Crippen molar-refractivity contribution in [2.75, 3.05) is 13.1 Å². The number of hydrogen-bond donors (Lipinski definition) is 0. The second kappa shape index (κ2) is 5.73. The Morgan fingerprint density at radius 1 is 1.04 bits per heavy atom. The van der Waals surface area contributed by atoms with Crippen molar-refractivity contribution < 1.29 is 14.3 Å². The highest BCUT2D eigenvalue weighted by Crippen LogP contribution is 2.53. The first-order chi connectivity index (χ1) is 13.0. The first-order valence-corrected chi connectivity index (χ1v) is 9.79. The van der Waals surface area contributed by atoms with Crippen molar-refractivity contribution >= 4 is 35.1 Å². The number of hydrogen-bond acceptors (Lipinski definition) is 3. The molecule has 1 saturated heterocycles. The number of carbonyl (C=O) groups excluding carboxylic acids is 2. The fraction of sp³-hybridized carbons (Fsp3) is 0.333. The van der Waals surface area contributed by atoms with Crippen LogP contribution in [0.15, 0.2) is 42.5 Å². The third-order valence-corrected chi connectivity index (χ3v) is 6.60. The Balaban J connectivity index is 1.44. The third kappa shape index (κ3) is 2.43. The van der Waals surface area contributed by atoms with Crippen LogP contribution in [0.25, 0.3) is 0 Å². The molecule has 2 aromatic carbocycles. The number of nitrogens with zero attached hydrogens (tertiary/aromatic N) is 1. The molecule has 1 unspecified atom stereocenters. The van der Waals surface area contributed by atoms with E-state index < -0.39 is 11.0 Å². The lowest BCUT2D eigenvalue weighted by atomic mass is 9.91. The zero-order valence-electron chi connectivity index (χ0n) is 14.5. The van der Waals surface area contributed by atoms with E-state index in [0.717, 1.165) is 24.0 Å². The molecule has 2 aromatic rings. The van der Waals surface area contributed by atoms with Gasteiger partial charge in [-0.25, -0.2) is 4.79 Å². The molecule has 2 heterocycles. The number of benzene rings is 2. The van der Waals surface area contributed by atoms with Crippen LogP contribution in [0.4, 0.5) is 0 Å². The van der Waals surface area contributed by atoms with Crippen molar-refractivity contribution in [3.8, 4) is 0 Å². The van der Waals surface area contributed by atoms with Crippen LogP contribution < -0.4 is 0 Å². The highest BCUT2D eigenvalue weighted by Gasteiger charge is 2.58. The Bertz CT molecular complexity index is 985. The lowest BCUT2D eigenvalue weighted by Crippen LogP contribution is -2.40. The van der Waals surface area contributed by atoms with Crippen LogP contribution in [0.2, 0.25) is 10.0 Å². The van der Waals surface area contributed by atoms with Crippen molar-refractivity contribution in [1.82, 2.24) is 4.90 Å². The van der Waals surface area contributed by atoms with Crippen LogP contribution in [0.5, 0.6) is 0 Å². The third-order valence-electron chi connectivity index (χ3n) is 6.05. The van der Waals surface area contributed by atoms with Crippen LogP contribution in [0, 0.1) is 0 Å². The van der Waals surface area contributed by atoms with Crippen LogP contribution in [-0.4, -0.2) is 29.9 Å². The van der Waals surface area contributed by atoms with Crippen molar-refractivity contribution in [1.29, 1.82) is 0 Å². The molecule has 1 spiro atoms. The minimum atomic E-state index is -0.719. The second-order valence-corrected chi connectivity index (χ2v) is 8.46. The molecule has 0 bridgehead atoms. The van der Waals surface area contributed by atoms with Crippen molar-refractivity contribution in [3.63, 3.8) is 0 Å². The summed E-state index contributed by atoms with van der Waals surface area (Å²) in [7, 11) is 0. The van der Waals surface area contributed by atoms with Gasteiger partial charge >= 0.3 is 5.97 Å². The van der Waals surface area contributed by atoms with Gasteiger partial charge in [0.15, 0.2) is 5.60 Å². The van der Waals surface area contributed by atoms with Gasteiger partial charge in [0, 0.05) is 28.6 Å². The van der Waals surface area contributed by atoms with Crippen LogP contribution >= 0.6 is 23.2 Å². The number of fused-ring (bicyclic) bond motifs is 2. The molecule has 1 saturated carbocycles. The van der Waals surface area contributed by atoms with E-state index in [1.165, 1.54) is 0 Å². The summed E-state index contributed by atoms with van der Waals surface area (Å²) in [5.74, 6) is -0.245. The summed E-state index contributed by atoms with van der Waals surface area (Å²) in [5, 5.41) is 1.08. The van der Waals surface area contributed by atoms with Gasteiger partial charge in [-0.15, -0.1) is 0 Å². The maximum atomic E-state index is 13.4. The number of esters is 1. The summed E-state index contributed by atoms with van der Waals surface area (Å²) in [5.41, 5.74) is 1.04. The predicted octanol–water partition coefficient (Wildman–Crippen LogP) is 4.32. The molecule has 4 nitrogen and oxygen atoms in total. The maximum absolute atomic E-state index is 13.4. The highest BCUT2D eigenvalue weighted by atomic mass is 35.5. The summed E-state index contributed by atoms with van der Waals surface area (Å²) in [4.78, 5) is 27.5. The average Bonchev–Trinajstić information content (AvgIpc) is 3.27. The van der Waals surface area contributed by atoms with Gasteiger partial charge in [-0.2, -0.15) is 0 Å². The Morgan fingerprint density at radius 3 is 2.56 bits per heavy atom. The van der Waals surface area contributed by atoms with E-state index in [0.29, 0.717) is 35.1 Å². The first-order valence-electron chi connectivity index (χ1n) is 9.03. The normalized spacial score (nSPS) is 24.8. The standard InChI is InChI=1S/C21H17Cl2NO3/c22-13-5-6-16(17(23)11-13)20(7-8-20)19(26)24-10-9-21(12-24)15-4-2-1-3-14(15)18(25)27-21/h1-6,11H,7-10,12H2. The maximum Gasteiger partial charge on any atom is 0.339 e. The van der Waals surface area contributed by atoms with E-state index in [-0.39, 0.29) is 11.9 Å². The molecule has 138 valence electrons. The fourth-order valence-corrected chi connectivity index (χ4v) is 5.10. The first kappa shape index (κ1) is 17.1. The Morgan fingerprint density at radius 2 is 1.81 bits per heavy atom. The van der Waals surface area contributed by atoms with Crippen LogP contribution in [0.3, 0.4) is 0 Å². The quantitative estimate of drug-likeness (QED) is 0.703. The van der Waals surface area contributed by atoms with E-state index in [1.54, 1.807) is 18.2 Å². The fourth-order valence-electron chi connectivity index (χ4n) is 4.51. The lowest BCUT2D eigenvalue weighted by molar-refractivity contribution is -0.134. The van der Waals surface area contributed by atoms with Gasteiger partial charge in [-0.05, 0) is 36.6 Å². The molecule has 27 heavy (non-hydrogen) atoms. The van der Waals surface area contributed by atoms with Crippen molar-refractivity contribution in [2.24, 2.45) is 0 Å². The summed E-state index contributed by atoms with van der Waals surface area (Å²) >= 11 is 12.4. The molecule has 1 amide bonds. The minimum Gasteiger partial charge on any atom is -0.449 e. The second-order valence-electron chi connectivity index (χ2n) is 7.61. The van der Waals surface area contributed by atoms with Gasteiger partial charge in [0.25, 0.3) is 0 Å². The van der Waals surface area contributed by atoms with E-state index >= 15 is 0 Å². The summed E-state index contributed by atoms with van der Waals surface area (Å²) in [6, 6.07) is 12.8. The van der Waals surface area contributed by atoms with Gasteiger partial charge in [0.1, 0.15) is 0 Å². The molecule has 1 aliphatic carbocycles. The SMILES string of the molecule is O=C1OC2(CCN(C(=O)C3(c4ccc(Cl)cc4Cl)CC3)C2)c2ccccc21. The average molecular weight is 402 g/mol. The van der Waals surface area contributed by atoms with Crippen molar-refractivity contribution in [3.05, 3.63) is 69.2 Å². The molecule has 2 aliphatic heterocycles. The van der Waals surface area contributed by atoms with Gasteiger partial charge < -0.3 is 9.64 Å². The van der Waals surface area contributed by atoms with Gasteiger partial charge in [0.05, 0.1) is 17.5 Å². The number of ether oxygens (including phenoxy) is 1. The lowest BCUT2D eigenvalue weighted by Gasteiger charge is -2.27. The number of likely N-dealkylation sites (tertiary alicyclic amines) is 1. The van der Waals surface area contributed by atoms with E-state index in [4.69, 9.17) is 27.9 Å². The van der Waals surface area contributed by atoms with Gasteiger partial charge in [-0.3, -0.25) is 4.79 Å². The molecule has 6 heteroatoms. The summed E-state index contributed by atoms with van der Waals surface area (Å²) < 4.78 is 5.76. The Labute approximate surface area is 167 Å². The molecular formula is C21H17Cl2NO3. The smallest absolute Gasteiger partial charge is 0.339 e. The number of rotatable bonds is 2. The Hall–Kier alpha value is -2.04. The van der Waals surface area contributed by atoms with E-state index in [9.17, 15) is 9.59 Å². The van der Waals surface area contributed by atoms with Crippen molar-refractivity contribution in [2.45, 2.75) is 30.3 Å². The minimum absolute atomic E-state index is 0.0593. The molecular weight excluding hydrogens is 385 g/mol. The molecule has 0 N–H and O–H groups in total. The molecule has 0 radical (unpaired) electrons. The monoisotopic (exact) mass is 401 g/mol. The predicted molar refractivity (Wildman–Crippen MR) is 102 cm³/mol. The van der Waals surface area contributed by atoms with E-state index in [2.05, 4.69) is 0 Å². The summed E-state index contributed by atoms with van der Waals surface area (Å²) in [6.45, 7) is 0.953. The van der Waals surface area contributed by atoms with E-state index in [1.807, 2.05) is 29.2 Å². The number of amides is 1. The van der Waals surface area contributed by atoms with Gasteiger partial charge in [0.2, 0.25) is 5.91 Å². The molecule has 5 rings (SSSR count). The molecule has 1 atom stereocenters. The Kier molecular flexibility index (Phi) is 3.62. The largest absolute Gasteiger partial charge is 0.449 e. The molecule has 0 aromatic heterocycles. The zero-order chi connectivity index (χ0) is 18.8. The molecule has 3 aliphatic rings. The van der Waals surface area contributed by atoms with Crippen LogP contribution in [-0.2, 0) is 20.5 Å². The zero-order valence-corrected chi connectivity index (χ0v) is 16.0. The van der Waals surface area contributed by atoms with Gasteiger partial charge in [-0.1, -0.05) is 47.5 Å². The highest BCUT2D eigenvalue weighted by molar-refractivity contribution is 6.35.